The molecule has 2 aromatic rings. The monoisotopic (exact) mass is 476 g/mol. The quantitative estimate of drug-likeness (QED) is 0.660. The minimum Gasteiger partial charge on any atom is -0.475 e. The number of aliphatic carboxylic acids is 1. The van der Waals surface area contributed by atoms with Crippen molar-refractivity contribution in [2.24, 2.45) is 5.73 Å². The van der Waals surface area contributed by atoms with E-state index in [1.165, 1.54) is 12.1 Å². The van der Waals surface area contributed by atoms with Crippen LogP contribution in [0.5, 0.6) is 0 Å². The van der Waals surface area contributed by atoms with Gasteiger partial charge in [-0.25, -0.2) is 23.2 Å². The van der Waals surface area contributed by atoms with Crippen LogP contribution < -0.4 is 11.4 Å². The van der Waals surface area contributed by atoms with Gasteiger partial charge in [-0.05, 0) is 34.1 Å². The Bertz CT molecular complexity index is 934. The average Bonchev–Trinajstić information content (AvgIpc) is 2.95. The second kappa shape index (κ2) is 9.54. The van der Waals surface area contributed by atoms with Gasteiger partial charge in [0.2, 0.25) is 0 Å². The molecule has 0 aliphatic heterocycles. The number of rotatable bonds is 4. The van der Waals surface area contributed by atoms with E-state index >= 15 is 0 Å². The highest BCUT2D eigenvalue weighted by atomic mass is 79.9. The molecular formula is C14H11BrF6N4O3. The highest BCUT2D eigenvalue weighted by Gasteiger charge is 2.38. The summed E-state index contributed by atoms with van der Waals surface area (Å²) in [6.45, 7) is -0.793. The summed E-state index contributed by atoms with van der Waals surface area (Å²) in [6.07, 6.45) is -5.89. The molecule has 0 spiro atoms. The first-order chi connectivity index (χ1) is 12.9. The summed E-state index contributed by atoms with van der Waals surface area (Å²) in [5, 5.41) is 10.8. The number of hydrogen-bond acceptors (Lipinski definition) is 4. The van der Waals surface area contributed by atoms with Crippen molar-refractivity contribution in [1.82, 2.24) is 14.3 Å². The van der Waals surface area contributed by atoms with Crippen molar-refractivity contribution in [3.63, 3.8) is 0 Å². The Kier molecular flexibility index (Phi) is 7.99. The van der Waals surface area contributed by atoms with Gasteiger partial charge in [0.25, 0.3) is 6.08 Å². The molecule has 0 unspecified atom stereocenters. The van der Waals surface area contributed by atoms with Gasteiger partial charge in [0, 0.05) is 12.1 Å². The molecule has 0 saturated heterocycles. The first kappa shape index (κ1) is 23.4. The molecule has 0 aliphatic carbocycles. The number of carboxylic acid groups (broad SMARTS) is 1. The van der Waals surface area contributed by atoms with E-state index in [2.05, 4.69) is 21.0 Å². The molecule has 0 aliphatic rings. The number of aromatic nitrogens is 3. The Hall–Kier alpha value is -2.61. The van der Waals surface area contributed by atoms with Crippen molar-refractivity contribution in [3.05, 3.63) is 57.0 Å². The van der Waals surface area contributed by atoms with Crippen molar-refractivity contribution in [2.75, 3.05) is 6.54 Å². The van der Waals surface area contributed by atoms with Gasteiger partial charge >= 0.3 is 17.8 Å². The number of alkyl halides is 3. The van der Waals surface area contributed by atoms with E-state index in [0.717, 1.165) is 21.6 Å². The van der Waals surface area contributed by atoms with Gasteiger partial charge in [0.15, 0.2) is 0 Å². The molecule has 0 fully saturated rings. The molecule has 154 valence electrons. The zero-order chi connectivity index (χ0) is 21.6. The highest BCUT2D eigenvalue weighted by molar-refractivity contribution is 9.10. The molecule has 3 N–H and O–H groups in total. The van der Waals surface area contributed by atoms with Gasteiger partial charge in [-0.2, -0.15) is 27.1 Å². The fourth-order valence-corrected chi connectivity index (χ4v) is 1.89. The van der Waals surface area contributed by atoms with Crippen molar-refractivity contribution in [2.45, 2.75) is 12.7 Å². The predicted octanol–water partition coefficient (Wildman–Crippen LogP) is 2.68. The zero-order valence-corrected chi connectivity index (χ0v) is 15.1. The van der Waals surface area contributed by atoms with Crippen LogP contribution >= 0.6 is 15.9 Å². The van der Waals surface area contributed by atoms with Gasteiger partial charge in [0.1, 0.15) is 12.1 Å². The second-order valence-corrected chi connectivity index (χ2v) is 5.76. The van der Waals surface area contributed by atoms with Gasteiger partial charge < -0.3 is 10.8 Å². The van der Waals surface area contributed by atoms with Crippen LogP contribution in [0.3, 0.4) is 0 Å². The Morgan fingerprint density at radius 1 is 1.29 bits per heavy atom. The van der Waals surface area contributed by atoms with Gasteiger partial charge in [-0.3, -0.25) is 0 Å². The first-order valence-electron chi connectivity index (χ1n) is 7.01. The Morgan fingerprint density at radius 3 is 2.29 bits per heavy atom. The van der Waals surface area contributed by atoms with Crippen LogP contribution in [0.2, 0.25) is 0 Å². The maximum atomic E-state index is 13.5. The third-order valence-corrected chi connectivity index (χ3v) is 3.65. The lowest BCUT2D eigenvalue weighted by Crippen LogP contribution is -2.26. The lowest BCUT2D eigenvalue weighted by molar-refractivity contribution is -0.192. The number of carbonyl (C=O) groups is 1. The molecular weight excluding hydrogens is 466 g/mol. The summed E-state index contributed by atoms with van der Waals surface area (Å²) in [5.41, 5.74) is 4.38. The smallest absolute Gasteiger partial charge is 0.475 e. The average molecular weight is 477 g/mol. The van der Waals surface area contributed by atoms with E-state index in [-0.39, 0.29) is 22.3 Å². The summed E-state index contributed by atoms with van der Waals surface area (Å²) in [7, 11) is 0. The Morgan fingerprint density at radius 2 is 1.86 bits per heavy atom. The SMILES string of the molecule is NCC(Cn1ncn(-c2ccc(Br)c(F)c2)c1=O)=C(F)F.O=C(O)C(F)(F)F. The number of carboxylic acids is 1. The molecule has 0 radical (unpaired) electrons. The van der Waals surface area contributed by atoms with Gasteiger partial charge in [-0.15, -0.1) is 0 Å². The number of halogens is 7. The maximum Gasteiger partial charge on any atom is 0.490 e. The fraction of sp³-hybridized carbons (Fsp3) is 0.214. The summed E-state index contributed by atoms with van der Waals surface area (Å²) in [5.74, 6) is -3.31. The van der Waals surface area contributed by atoms with E-state index in [1.807, 2.05) is 0 Å². The van der Waals surface area contributed by atoms with Crippen molar-refractivity contribution in [3.8, 4) is 5.69 Å². The molecule has 0 bridgehead atoms. The van der Waals surface area contributed by atoms with Crippen molar-refractivity contribution in [1.29, 1.82) is 0 Å². The molecule has 0 amide bonds. The minimum atomic E-state index is -5.08. The third kappa shape index (κ3) is 6.23. The largest absolute Gasteiger partial charge is 0.490 e. The van der Waals surface area contributed by atoms with Gasteiger partial charge in [0.05, 0.1) is 16.7 Å². The van der Waals surface area contributed by atoms with Crippen LogP contribution in [0.4, 0.5) is 26.3 Å². The number of benzene rings is 1. The van der Waals surface area contributed by atoms with Crippen LogP contribution in [0.1, 0.15) is 0 Å². The van der Waals surface area contributed by atoms with Gasteiger partial charge in [-0.1, -0.05) is 0 Å². The molecule has 0 saturated carbocycles. The maximum absolute atomic E-state index is 13.5. The molecule has 2 rings (SSSR count). The molecule has 1 heterocycles. The Balaban J connectivity index is 0.000000480. The minimum absolute atomic E-state index is 0.242. The van der Waals surface area contributed by atoms with Crippen LogP contribution in [0.15, 0.2) is 45.4 Å². The summed E-state index contributed by atoms with van der Waals surface area (Å²) < 4.78 is 72.4. The van der Waals surface area contributed by atoms with E-state index in [0.29, 0.717) is 0 Å². The molecule has 14 heteroatoms. The molecule has 7 nitrogen and oxygen atoms in total. The van der Waals surface area contributed by atoms with Crippen LogP contribution in [-0.4, -0.2) is 38.1 Å². The third-order valence-electron chi connectivity index (χ3n) is 3.01. The summed E-state index contributed by atoms with van der Waals surface area (Å²) >= 11 is 3.00. The lowest BCUT2D eigenvalue weighted by Gasteiger charge is -2.03. The number of nitrogens with zero attached hydrogens (tertiary/aromatic N) is 3. The second-order valence-electron chi connectivity index (χ2n) is 4.91. The molecule has 0 atom stereocenters. The van der Waals surface area contributed by atoms with E-state index in [9.17, 15) is 31.1 Å². The lowest BCUT2D eigenvalue weighted by atomic mass is 10.3. The van der Waals surface area contributed by atoms with E-state index in [4.69, 9.17) is 15.6 Å². The zero-order valence-electron chi connectivity index (χ0n) is 13.6. The summed E-state index contributed by atoms with van der Waals surface area (Å²) in [4.78, 5) is 21.0. The summed E-state index contributed by atoms with van der Waals surface area (Å²) in [6, 6.07) is 4.06. The normalized spacial score (nSPS) is 10.9. The van der Waals surface area contributed by atoms with Crippen molar-refractivity contribution < 1.29 is 36.2 Å². The number of hydrogen-bond donors (Lipinski definition) is 2. The first-order valence-corrected chi connectivity index (χ1v) is 7.80. The molecule has 1 aromatic heterocycles. The van der Waals surface area contributed by atoms with E-state index < -0.39 is 36.3 Å². The Labute approximate surface area is 160 Å². The highest BCUT2D eigenvalue weighted by Crippen LogP contribution is 2.18. The standard InChI is InChI=1S/C12H10BrF3N4O.C2HF3O2/c13-9-2-1-8(3-10(9)14)19-6-18-20(12(19)21)5-7(4-17)11(15)16;3-2(4,5)1(6)7/h1-3,6H,4-5,17H2;(H,6,7). The van der Waals surface area contributed by atoms with Crippen LogP contribution in [0.25, 0.3) is 5.69 Å². The van der Waals surface area contributed by atoms with Crippen LogP contribution in [-0.2, 0) is 11.3 Å². The predicted molar refractivity (Wildman–Crippen MR) is 87.5 cm³/mol. The van der Waals surface area contributed by atoms with Crippen LogP contribution in [0, 0.1) is 5.82 Å². The fourth-order valence-electron chi connectivity index (χ4n) is 1.64. The van der Waals surface area contributed by atoms with E-state index in [1.54, 1.807) is 0 Å². The molecule has 1 aromatic carbocycles. The number of nitrogens with two attached hydrogens (primary N) is 1. The topological polar surface area (TPSA) is 103 Å². The van der Waals surface area contributed by atoms with Crippen molar-refractivity contribution >= 4 is 21.9 Å². The molecule has 28 heavy (non-hydrogen) atoms.